The molecule has 0 unspecified atom stereocenters. The Morgan fingerprint density at radius 1 is 0.759 bits per heavy atom. The monoisotopic (exact) mass is 395 g/mol. The maximum atomic E-state index is 11.5. The van der Waals surface area contributed by atoms with E-state index >= 15 is 0 Å². The quantitative estimate of drug-likeness (QED) is 0.366. The summed E-state index contributed by atoms with van der Waals surface area (Å²) < 4.78 is 21.5. The lowest BCUT2D eigenvalue weighted by Gasteiger charge is -2.08. The molecule has 0 bridgehead atoms. The van der Waals surface area contributed by atoms with Gasteiger partial charge in [0.25, 0.3) is 0 Å². The lowest BCUT2D eigenvalue weighted by molar-refractivity contribution is -0.133. The van der Waals surface area contributed by atoms with E-state index < -0.39 is 17.9 Å². The third-order valence-corrected chi connectivity index (χ3v) is 3.94. The molecule has 0 saturated heterocycles. The topological polar surface area (TPSA) is 90.2 Å². The van der Waals surface area contributed by atoms with Gasteiger partial charge in [-0.25, -0.2) is 4.42 Å². The van der Waals surface area contributed by atoms with Crippen molar-refractivity contribution in [2.45, 2.75) is 27.7 Å². The lowest BCUT2D eigenvalue weighted by Crippen LogP contribution is -2.05. The van der Waals surface area contributed by atoms with Gasteiger partial charge in [-0.1, -0.05) is 0 Å². The fourth-order valence-corrected chi connectivity index (χ4v) is 2.87. The van der Waals surface area contributed by atoms with Gasteiger partial charge in [0.15, 0.2) is 5.75 Å². The molecule has 3 rings (SSSR count). The SMILES string of the molecule is CC(=O)Oc1ccc(-c2cc(C)c3ccc(OC(C)=O)cc3[o+]2)c(OC(C)=O)c1. The van der Waals surface area contributed by atoms with Crippen LogP contribution in [-0.4, -0.2) is 17.9 Å². The molecular weight excluding hydrogens is 376 g/mol. The molecule has 0 radical (unpaired) electrons. The van der Waals surface area contributed by atoms with E-state index in [-0.39, 0.29) is 11.5 Å². The number of benzene rings is 2. The van der Waals surface area contributed by atoms with Gasteiger partial charge in [0, 0.05) is 32.9 Å². The first-order chi connectivity index (χ1) is 13.7. The zero-order chi connectivity index (χ0) is 21.1. The molecule has 0 fully saturated rings. The van der Waals surface area contributed by atoms with Gasteiger partial charge in [-0.05, 0) is 36.8 Å². The molecule has 0 atom stereocenters. The summed E-state index contributed by atoms with van der Waals surface area (Å²) in [5.41, 5.74) is 1.91. The van der Waals surface area contributed by atoms with Crippen LogP contribution < -0.4 is 14.2 Å². The molecule has 0 aliphatic heterocycles. The summed E-state index contributed by atoms with van der Waals surface area (Å²) in [5.74, 6) is -0.231. The van der Waals surface area contributed by atoms with E-state index in [1.807, 2.05) is 13.0 Å². The summed E-state index contributed by atoms with van der Waals surface area (Å²) >= 11 is 0. The number of aryl methyl sites for hydroxylation is 1. The maximum Gasteiger partial charge on any atom is 0.364 e. The second-order valence-electron chi connectivity index (χ2n) is 6.39. The Morgan fingerprint density at radius 3 is 1.97 bits per heavy atom. The Labute approximate surface area is 166 Å². The van der Waals surface area contributed by atoms with Crippen LogP contribution in [0, 0.1) is 6.92 Å². The Hall–Kier alpha value is -3.74. The highest BCUT2D eigenvalue weighted by Crippen LogP contribution is 2.37. The Balaban J connectivity index is 2.13. The van der Waals surface area contributed by atoms with E-state index in [2.05, 4.69) is 0 Å². The first kappa shape index (κ1) is 20.0. The van der Waals surface area contributed by atoms with Crippen LogP contribution in [0.2, 0.25) is 0 Å². The predicted molar refractivity (Wildman–Crippen MR) is 105 cm³/mol. The second-order valence-corrected chi connectivity index (χ2v) is 6.39. The molecule has 0 spiro atoms. The predicted octanol–water partition coefficient (Wildman–Crippen LogP) is 4.47. The van der Waals surface area contributed by atoms with Crippen LogP contribution in [0.25, 0.3) is 22.3 Å². The van der Waals surface area contributed by atoms with Crippen molar-refractivity contribution in [1.29, 1.82) is 0 Å². The number of hydrogen-bond acceptors (Lipinski definition) is 6. The van der Waals surface area contributed by atoms with Crippen molar-refractivity contribution in [2.24, 2.45) is 0 Å². The van der Waals surface area contributed by atoms with E-state index in [0.717, 1.165) is 10.9 Å². The van der Waals surface area contributed by atoms with E-state index in [9.17, 15) is 14.4 Å². The fraction of sp³-hybridized carbons (Fsp3) is 0.182. The first-order valence-corrected chi connectivity index (χ1v) is 8.80. The molecule has 0 aliphatic rings. The van der Waals surface area contributed by atoms with E-state index in [0.29, 0.717) is 22.7 Å². The largest absolute Gasteiger partial charge is 0.427 e. The van der Waals surface area contributed by atoms with Crippen molar-refractivity contribution < 1.29 is 33.0 Å². The van der Waals surface area contributed by atoms with Crippen molar-refractivity contribution in [1.82, 2.24) is 0 Å². The molecule has 1 heterocycles. The van der Waals surface area contributed by atoms with Crippen molar-refractivity contribution in [2.75, 3.05) is 0 Å². The number of rotatable bonds is 4. The minimum Gasteiger partial charge on any atom is -0.427 e. The Bertz CT molecular complexity index is 1130. The third-order valence-electron chi connectivity index (χ3n) is 3.94. The summed E-state index contributed by atoms with van der Waals surface area (Å²) in [6.07, 6.45) is 0. The average molecular weight is 395 g/mol. The van der Waals surface area contributed by atoms with Crippen molar-refractivity contribution in [3.05, 3.63) is 48.0 Å². The van der Waals surface area contributed by atoms with Gasteiger partial charge in [0.1, 0.15) is 17.1 Å². The van der Waals surface area contributed by atoms with Gasteiger partial charge in [-0.3, -0.25) is 14.4 Å². The molecule has 1 aromatic heterocycles. The maximum absolute atomic E-state index is 11.5. The smallest absolute Gasteiger partial charge is 0.364 e. The van der Waals surface area contributed by atoms with Crippen LogP contribution in [0.3, 0.4) is 0 Å². The molecule has 29 heavy (non-hydrogen) atoms. The van der Waals surface area contributed by atoms with Gasteiger partial charge >= 0.3 is 29.3 Å². The van der Waals surface area contributed by atoms with Crippen molar-refractivity contribution in [3.63, 3.8) is 0 Å². The van der Waals surface area contributed by atoms with Crippen LogP contribution in [0.4, 0.5) is 0 Å². The highest BCUT2D eigenvalue weighted by atomic mass is 16.5. The number of esters is 3. The first-order valence-electron chi connectivity index (χ1n) is 8.80. The van der Waals surface area contributed by atoms with Crippen LogP contribution >= 0.6 is 0 Å². The molecule has 7 heteroatoms. The molecule has 2 aromatic carbocycles. The van der Waals surface area contributed by atoms with Crippen LogP contribution in [-0.2, 0) is 14.4 Å². The second kappa shape index (κ2) is 8.10. The lowest BCUT2D eigenvalue weighted by atomic mass is 10.1. The van der Waals surface area contributed by atoms with Crippen LogP contribution in [0.1, 0.15) is 26.3 Å². The minimum atomic E-state index is -0.527. The fourth-order valence-electron chi connectivity index (χ4n) is 2.87. The van der Waals surface area contributed by atoms with E-state index in [1.54, 1.807) is 30.3 Å². The Morgan fingerprint density at radius 2 is 1.34 bits per heavy atom. The summed E-state index contributed by atoms with van der Waals surface area (Å²) in [5, 5.41) is 0.843. The summed E-state index contributed by atoms with van der Waals surface area (Å²) in [4.78, 5) is 34.0. The molecule has 0 aliphatic carbocycles. The van der Waals surface area contributed by atoms with Crippen LogP contribution in [0.15, 0.2) is 46.9 Å². The van der Waals surface area contributed by atoms with E-state index in [1.165, 1.54) is 26.8 Å². The number of hydrogen-bond donors (Lipinski definition) is 0. The van der Waals surface area contributed by atoms with Gasteiger partial charge in [0.05, 0.1) is 11.5 Å². The summed E-state index contributed by atoms with van der Waals surface area (Å²) in [6.45, 7) is 5.78. The van der Waals surface area contributed by atoms with Gasteiger partial charge in [-0.2, -0.15) is 0 Å². The molecular formula is C22H19O7+. The average Bonchev–Trinajstić information content (AvgIpc) is 2.60. The zero-order valence-electron chi connectivity index (χ0n) is 16.4. The molecule has 0 saturated carbocycles. The minimum absolute atomic E-state index is 0.190. The Kier molecular flexibility index (Phi) is 5.59. The number of fused-ring (bicyclic) bond motifs is 1. The third kappa shape index (κ3) is 4.76. The molecule has 0 N–H and O–H groups in total. The molecule has 3 aromatic rings. The summed E-state index contributed by atoms with van der Waals surface area (Å²) in [7, 11) is 0. The number of carbonyl (C=O) groups is 3. The molecule has 148 valence electrons. The standard InChI is InChI=1S/C22H19O7/c1-12-9-20(29-21-10-16(26-13(2)23)5-7-18(12)21)19-8-6-17(27-14(3)24)11-22(19)28-15(4)25/h5-11H,1-4H3/q+1. The van der Waals surface area contributed by atoms with Gasteiger partial charge in [-0.15, -0.1) is 0 Å². The van der Waals surface area contributed by atoms with Gasteiger partial charge in [0.2, 0.25) is 0 Å². The zero-order valence-corrected chi connectivity index (χ0v) is 16.4. The van der Waals surface area contributed by atoms with Gasteiger partial charge < -0.3 is 14.2 Å². The van der Waals surface area contributed by atoms with Crippen molar-refractivity contribution >= 4 is 28.9 Å². The van der Waals surface area contributed by atoms with Crippen LogP contribution in [0.5, 0.6) is 17.2 Å². The normalized spacial score (nSPS) is 10.5. The molecule has 0 amide bonds. The molecule has 7 nitrogen and oxygen atoms in total. The number of ether oxygens (including phenoxy) is 3. The highest BCUT2D eigenvalue weighted by molar-refractivity contribution is 5.85. The highest BCUT2D eigenvalue weighted by Gasteiger charge is 2.23. The number of carbonyl (C=O) groups excluding carboxylic acids is 3. The summed E-state index contributed by atoms with van der Waals surface area (Å²) in [6, 6.07) is 11.6. The van der Waals surface area contributed by atoms with Crippen molar-refractivity contribution in [3.8, 4) is 28.6 Å². The van der Waals surface area contributed by atoms with E-state index in [4.69, 9.17) is 18.6 Å².